The zero-order valence-electron chi connectivity index (χ0n) is 10.5. The number of hydrogen-bond donors (Lipinski definition) is 0. The molecular weight excluding hydrogens is 278 g/mol. The Bertz CT molecular complexity index is 837. The van der Waals surface area contributed by atoms with Crippen LogP contribution < -0.4 is 9.47 Å². The van der Waals surface area contributed by atoms with Gasteiger partial charge in [0.2, 0.25) is 11.8 Å². The zero-order chi connectivity index (χ0) is 13.7. The predicted octanol–water partition coefficient (Wildman–Crippen LogP) is 2.31. The van der Waals surface area contributed by atoms with Crippen molar-refractivity contribution < 1.29 is 14.3 Å². The first-order chi connectivity index (χ1) is 9.76. The molecular formula is C13H9N3O3S. The van der Waals surface area contributed by atoms with E-state index in [2.05, 4.69) is 10.1 Å². The van der Waals surface area contributed by atoms with E-state index in [0.717, 1.165) is 16.9 Å². The maximum Gasteiger partial charge on any atom is 0.231 e. The van der Waals surface area contributed by atoms with E-state index in [9.17, 15) is 4.79 Å². The molecule has 0 aliphatic carbocycles. The zero-order valence-corrected chi connectivity index (χ0v) is 11.3. The van der Waals surface area contributed by atoms with Gasteiger partial charge in [-0.25, -0.2) is 4.98 Å². The fourth-order valence-corrected chi connectivity index (χ4v) is 2.97. The van der Waals surface area contributed by atoms with Gasteiger partial charge in [-0.05, 0) is 25.1 Å². The number of hydrogen-bond acceptors (Lipinski definition) is 6. The molecule has 0 saturated heterocycles. The van der Waals surface area contributed by atoms with Crippen molar-refractivity contribution in [1.29, 1.82) is 0 Å². The monoisotopic (exact) mass is 287 g/mol. The molecule has 0 radical (unpaired) electrons. The van der Waals surface area contributed by atoms with Gasteiger partial charge in [0, 0.05) is 5.56 Å². The standard InChI is InChI=1S/C13H9N3O3S/c1-7-15-16-9(5-17)12(14-13(16)20-7)8-2-3-10-11(4-8)19-6-18-10/h2-5H,6H2,1H3. The van der Waals surface area contributed by atoms with Gasteiger partial charge in [-0.2, -0.15) is 9.61 Å². The van der Waals surface area contributed by atoms with Crippen LogP contribution in [0.3, 0.4) is 0 Å². The van der Waals surface area contributed by atoms with Crippen LogP contribution in [0.4, 0.5) is 0 Å². The molecule has 0 unspecified atom stereocenters. The minimum absolute atomic E-state index is 0.221. The second-order valence-corrected chi connectivity index (χ2v) is 5.51. The quantitative estimate of drug-likeness (QED) is 0.677. The molecule has 0 bridgehead atoms. The third kappa shape index (κ3) is 1.53. The number of ether oxygens (including phenoxy) is 2. The normalized spacial score (nSPS) is 13.1. The number of carbonyl (C=O) groups is 1. The molecule has 4 rings (SSSR count). The second kappa shape index (κ2) is 4.04. The highest BCUT2D eigenvalue weighted by molar-refractivity contribution is 7.16. The molecule has 0 spiro atoms. The topological polar surface area (TPSA) is 65.7 Å². The maximum atomic E-state index is 11.4. The number of fused-ring (bicyclic) bond motifs is 2. The highest BCUT2D eigenvalue weighted by Gasteiger charge is 2.20. The van der Waals surface area contributed by atoms with Crippen molar-refractivity contribution in [3.05, 3.63) is 28.9 Å². The van der Waals surface area contributed by atoms with Crippen molar-refractivity contribution in [2.75, 3.05) is 6.79 Å². The number of nitrogens with zero attached hydrogens (tertiary/aromatic N) is 3. The molecule has 3 aromatic rings. The molecule has 20 heavy (non-hydrogen) atoms. The summed E-state index contributed by atoms with van der Waals surface area (Å²) in [6.45, 7) is 2.10. The third-order valence-corrected chi connectivity index (χ3v) is 3.92. The van der Waals surface area contributed by atoms with Crippen LogP contribution in [-0.4, -0.2) is 27.7 Å². The summed E-state index contributed by atoms with van der Waals surface area (Å²) in [7, 11) is 0. The number of carbonyl (C=O) groups excluding carboxylic acids is 1. The van der Waals surface area contributed by atoms with Crippen LogP contribution in [0.1, 0.15) is 15.5 Å². The summed E-state index contributed by atoms with van der Waals surface area (Å²) in [6, 6.07) is 5.51. The highest BCUT2D eigenvalue weighted by Crippen LogP contribution is 2.36. The highest BCUT2D eigenvalue weighted by atomic mass is 32.1. The van der Waals surface area contributed by atoms with E-state index in [1.165, 1.54) is 11.3 Å². The number of benzene rings is 1. The largest absolute Gasteiger partial charge is 0.454 e. The van der Waals surface area contributed by atoms with Gasteiger partial charge >= 0.3 is 0 Å². The Labute approximate surface area is 117 Å². The molecule has 3 heterocycles. The van der Waals surface area contributed by atoms with Crippen LogP contribution in [0.25, 0.3) is 16.2 Å². The van der Waals surface area contributed by atoms with E-state index >= 15 is 0 Å². The number of imidazole rings is 1. The van der Waals surface area contributed by atoms with E-state index in [0.29, 0.717) is 27.8 Å². The lowest BCUT2D eigenvalue weighted by Gasteiger charge is -2.00. The fourth-order valence-electron chi connectivity index (χ4n) is 2.22. The van der Waals surface area contributed by atoms with E-state index < -0.39 is 0 Å². The Morgan fingerprint density at radius 2 is 2.20 bits per heavy atom. The van der Waals surface area contributed by atoms with Gasteiger partial charge in [-0.3, -0.25) is 4.79 Å². The fraction of sp³-hybridized carbons (Fsp3) is 0.154. The van der Waals surface area contributed by atoms with Gasteiger partial charge in [0.15, 0.2) is 17.8 Å². The van der Waals surface area contributed by atoms with Gasteiger partial charge in [0.05, 0.1) is 0 Å². The maximum absolute atomic E-state index is 11.4. The molecule has 1 aromatic carbocycles. The Balaban J connectivity index is 1.93. The van der Waals surface area contributed by atoms with Gasteiger partial charge in [-0.15, -0.1) is 0 Å². The molecule has 0 N–H and O–H groups in total. The summed E-state index contributed by atoms with van der Waals surface area (Å²) in [4.78, 5) is 16.6. The van der Waals surface area contributed by atoms with Crippen molar-refractivity contribution in [2.45, 2.75) is 6.92 Å². The van der Waals surface area contributed by atoms with Crippen molar-refractivity contribution in [3.63, 3.8) is 0 Å². The SMILES string of the molecule is Cc1nn2c(C=O)c(-c3ccc4c(c3)OCO4)nc2s1. The lowest BCUT2D eigenvalue weighted by Crippen LogP contribution is -1.94. The number of aromatic nitrogens is 3. The Hall–Kier alpha value is -2.41. The summed E-state index contributed by atoms with van der Waals surface area (Å²) in [6.07, 6.45) is 0.777. The molecule has 0 saturated carbocycles. The minimum atomic E-state index is 0.221. The van der Waals surface area contributed by atoms with E-state index in [1.54, 1.807) is 4.52 Å². The van der Waals surface area contributed by atoms with Crippen LogP contribution in [0.15, 0.2) is 18.2 Å². The lowest BCUT2D eigenvalue weighted by atomic mass is 10.1. The van der Waals surface area contributed by atoms with Crippen molar-refractivity contribution in [1.82, 2.24) is 14.6 Å². The Morgan fingerprint density at radius 1 is 1.35 bits per heavy atom. The lowest BCUT2D eigenvalue weighted by molar-refractivity contribution is 0.111. The molecule has 0 atom stereocenters. The first kappa shape index (κ1) is 11.4. The van der Waals surface area contributed by atoms with E-state index in [4.69, 9.17) is 9.47 Å². The average Bonchev–Trinajstić information content (AvgIpc) is 3.10. The predicted molar refractivity (Wildman–Crippen MR) is 72.5 cm³/mol. The Morgan fingerprint density at radius 3 is 3.05 bits per heavy atom. The number of aryl methyl sites for hydroxylation is 1. The summed E-state index contributed by atoms with van der Waals surface area (Å²) >= 11 is 1.45. The van der Waals surface area contributed by atoms with Crippen LogP contribution in [0.5, 0.6) is 11.5 Å². The third-order valence-electron chi connectivity index (χ3n) is 3.10. The summed E-state index contributed by atoms with van der Waals surface area (Å²) < 4.78 is 12.2. The molecule has 7 heteroatoms. The summed E-state index contributed by atoms with van der Waals surface area (Å²) in [5.41, 5.74) is 1.87. The summed E-state index contributed by atoms with van der Waals surface area (Å²) in [5.74, 6) is 1.37. The Kier molecular flexibility index (Phi) is 2.31. The van der Waals surface area contributed by atoms with E-state index in [-0.39, 0.29) is 6.79 Å². The number of rotatable bonds is 2. The molecule has 2 aromatic heterocycles. The molecule has 0 amide bonds. The van der Waals surface area contributed by atoms with Gasteiger partial charge in [0.1, 0.15) is 16.4 Å². The smallest absolute Gasteiger partial charge is 0.231 e. The molecule has 0 fully saturated rings. The van der Waals surface area contributed by atoms with Crippen LogP contribution in [0, 0.1) is 6.92 Å². The van der Waals surface area contributed by atoms with Gasteiger partial charge < -0.3 is 9.47 Å². The van der Waals surface area contributed by atoms with Crippen LogP contribution >= 0.6 is 11.3 Å². The van der Waals surface area contributed by atoms with Crippen molar-refractivity contribution in [2.24, 2.45) is 0 Å². The molecule has 1 aliphatic rings. The average molecular weight is 287 g/mol. The molecule has 1 aliphatic heterocycles. The van der Waals surface area contributed by atoms with Crippen LogP contribution in [-0.2, 0) is 0 Å². The summed E-state index contributed by atoms with van der Waals surface area (Å²) in [5, 5.41) is 5.16. The van der Waals surface area contributed by atoms with Crippen molar-refractivity contribution in [3.8, 4) is 22.8 Å². The van der Waals surface area contributed by atoms with Crippen LogP contribution in [0.2, 0.25) is 0 Å². The number of aldehydes is 1. The minimum Gasteiger partial charge on any atom is -0.454 e. The molecule has 6 nitrogen and oxygen atoms in total. The van der Waals surface area contributed by atoms with Crippen molar-refractivity contribution >= 4 is 22.6 Å². The van der Waals surface area contributed by atoms with E-state index in [1.807, 2.05) is 25.1 Å². The second-order valence-electron chi connectivity index (χ2n) is 4.35. The van der Waals surface area contributed by atoms with Gasteiger partial charge in [-0.1, -0.05) is 11.3 Å². The molecule has 100 valence electrons. The van der Waals surface area contributed by atoms with Gasteiger partial charge in [0.25, 0.3) is 0 Å². The first-order valence-corrected chi connectivity index (χ1v) is 6.79. The first-order valence-electron chi connectivity index (χ1n) is 5.97.